The average molecular weight is 274 g/mol. The molecule has 114 valence electrons. The molecule has 0 bridgehead atoms. The molecule has 0 unspecified atom stereocenters. The summed E-state index contributed by atoms with van der Waals surface area (Å²) >= 11 is 0. The lowest BCUT2D eigenvalue weighted by molar-refractivity contribution is 0.171. The second kappa shape index (κ2) is 6.33. The Morgan fingerprint density at radius 3 is 1.70 bits per heavy atom. The Hall–Kier alpha value is -0.780. The van der Waals surface area contributed by atoms with E-state index < -0.39 is 0 Å². The van der Waals surface area contributed by atoms with Crippen LogP contribution in [0.4, 0.5) is 0 Å². The van der Waals surface area contributed by atoms with Gasteiger partial charge in [-0.05, 0) is 34.7 Å². The lowest BCUT2D eigenvalue weighted by atomic mass is 9.62. The normalized spacial score (nSPS) is 13.6. The standard InChI is InChI=1S/C20H34/c1-18(2,3)15-11-12-16-19(4,5)20(6,7)17-13-9-8-10-14-17/h8-10,13-14H,11-12,15-16H2,1-7H3. The van der Waals surface area contributed by atoms with Crippen molar-refractivity contribution in [1.29, 1.82) is 0 Å². The summed E-state index contributed by atoms with van der Waals surface area (Å²) in [5.74, 6) is 0. The lowest BCUT2D eigenvalue weighted by Gasteiger charge is -2.42. The summed E-state index contributed by atoms with van der Waals surface area (Å²) in [6.07, 6.45) is 5.30. The third-order valence-corrected chi connectivity index (χ3v) is 5.17. The third-order valence-electron chi connectivity index (χ3n) is 5.17. The molecule has 0 N–H and O–H groups in total. The van der Waals surface area contributed by atoms with Crippen molar-refractivity contribution in [3.8, 4) is 0 Å². The number of hydrogen-bond donors (Lipinski definition) is 0. The monoisotopic (exact) mass is 274 g/mol. The molecule has 0 fully saturated rings. The van der Waals surface area contributed by atoms with Gasteiger partial charge in [-0.15, -0.1) is 0 Å². The number of unbranched alkanes of at least 4 members (excludes halogenated alkanes) is 1. The van der Waals surface area contributed by atoms with Gasteiger partial charge in [0.1, 0.15) is 0 Å². The first-order valence-electron chi connectivity index (χ1n) is 8.12. The molecule has 0 amide bonds. The molecule has 20 heavy (non-hydrogen) atoms. The van der Waals surface area contributed by atoms with Gasteiger partial charge < -0.3 is 0 Å². The van der Waals surface area contributed by atoms with Crippen LogP contribution in [-0.4, -0.2) is 0 Å². The molecule has 1 rings (SSSR count). The maximum absolute atomic E-state index is 2.43. The van der Waals surface area contributed by atoms with Gasteiger partial charge in [0.25, 0.3) is 0 Å². The number of hydrogen-bond acceptors (Lipinski definition) is 0. The highest BCUT2D eigenvalue weighted by molar-refractivity contribution is 5.26. The van der Waals surface area contributed by atoms with Crippen molar-refractivity contribution >= 4 is 0 Å². The number of benzene rings is 1. The molecule has 0 spiro atoms. The molecule has 0 heterocycles. The summed E-state index contributed by atoms with van der Waals surface area (Å²) in [6, 6.07) is 11.0. The lowest BCUT2D eigenvalue weighted by Crippen LogP contribution is -2.36. The van der Waals surface area contributed by atoms with Gasteiger partial charge in [0.05, 0.1) is 0 Å². The molecule has 0 saturated carbocycles. The van der Waals surface area contributed by atoms with Gasteiger partial charge >= 0.3 is 0 Å². The van der Waals surface area contributed by atoms with Gasteiger partial charge in [-0.3, -0.25) is 0 Å². The van der Waals surface area contributed by atoms with Gasteiger partial charge in [-0.25, -0.2) is 0 Å². The molecule has 0 atom stereocenters. The van der Waals surface area contributed by atoms with E-state index in [1.54, 1.807) is 0 Å². The minimum absolute atomic E-state index is 0.218. The van der Waals surface area contributed by atoms with E-state index in [0.29, 0.717) is 10.8 Å². The summed E-state index contributed by atoms with van der Waals surface area (Å²) in [5, 5.41) is 0. The topological polar surface area (TPSA) is 0 Å². The van der Waals surface area contributed by atoms with E-state index in [2.05, 4.69) is 78.8 Å². The summed E-state index contributed by atoms with van der Waals surface area (Å²) in [5.41, 5.74) is 2.47. The van der Waals surface area contributed by atoms with Gasteiger partial charge in [0, 0.05) is 0 Å². The van der Waals surface area contributed by atoms with Crippen LogP contribution >= 0.6 is 0 Å². The van der Waals surface area contributed by atoms with Gasteiger partial charge in [0.15, 0.2) is 0 Å². The molecule has 0 nitrogen and oxygen atoms in total. The zero-order chi connectivity index (χ0) is 15.4. The summed E-state index contributed by atoms with van der Waals surface area (Å²) in [4.78, 5) is 0. The summed E-state index contributed by atoms with van der Waals surface area (Å²) in [7, 11) is 0. The minimum atomic E-state index is 0.218. The van der Waals surface area contributed by atoms with E-state index in [9.17, 15) is 0 Å². The first-order chi connectivity index (χ1) is 9.06. The predicted molar refractivity (Wildman–Crippen MR) is 91.2 cm³/mol. The second-order valence-corrected chi connectivity index (χ2v) is 8.64. The smallest absolute Gasteiger partial charge is 0.00524 e. The highest BCUT2D eigenvalue weighted by Crippen LogP contribution is 2.44. The van der Waals surface area contributed by atoms with Crippen molar-refractivity contribution in [2.24, 2.45) is 10.8 Å². The van der Waals surface area contributed by atoms with Gasteiger partial charge in [0.2, 0.25) is 0 Å². The van der Waals surface area contributed by atoms with Crippen LogP contribution < -0.4 is 0 Å². The Bertz CT molecular complexity index is 390. The third kappa shape index (κ3) is 4.65. The van der Waals surface area contributed by atoms with Crippen LogP contribution in [0.25, 0.3) is 0 Å². The highest BCUT2D eigenvalue weighted by atomic mass is 14.4. The van der Waals surface area contributed by atoms with Crippen molar-refractivity contribution in [2.45, 2.75) is 79.6 Å². The van der Waals surface area contributed by atoms with Crippen molar-refractivity contribution in [2.75, 3.05) is 0 Å². The van der Waals surface area contributed by atoms with Crippen LogP contribution in [0.2, 0.25) is 0 Å². The Labute approximate surface area is 127 Å². The molecule has 1 aromatic rings. The van der Waals surface area contributed by atoms with E-state index in [1.165, 1.54) is 31.2 Å². The quantitative estimate of drug-likeness (QED) is 0.513. The van der Waals surface area contributed by atoms with E-state index in [4.69, 9.17) is 0 Å². The van der Waals surface area contributed by atoms with Crippen LogP contribution in [0.3, 0.4) is 0 Å². The SMILES string of the molecule is CC(C)(C)CCCCC(C)(C)C(C)(C)c1ccccc1. The molecule has 0 aromatic heterocycles. The fourth-order valence-corrected chi connectivity index (χ4v) is 2.78. The maximum Gasteiger partial charge on any atom is -0.00524 e. The van der Waals surface area contributed by atoms with E-state index in [-0.39, 0.29) is 5.41 Å². The minimum Gasteiger partial charge on any atom is -0.0622 e. The van der Waals surface area contributed by atoms with Crippen LogP contribution in [0, 0.1) is 10.8 Å². The Morgan fingerprint density at radius 1 is 0.700 bits per heavy atom. The molecule has 0 aliphatic heterocycles. The van der Waals surface area contributed by atoms with E-state index in [1.807, 2.05) is 0 Å². The molecule has 0 heteroatoms. The summed E-state index contributed by atoms with van der Waals surface area (Å²) in [6.45, 7) is 16.7. The van der Waals surface area contributed by atoms with Crippen molar-refractivity contribution in [3.05, 3.63) is 35.9 Å². The van der Waals surface area contributed by atoms with Crippen molar-refractivity contribution in [3.63, 3.8) is 0 Å². The van der Waals surface area contributed by atoms with Crippen LogP contribution in [-0.2, 0) is 5.41 Å². The van der Waals surface area contributed by atoms with E-state index >= 15 is 0 Å². The zero-order valence-corrected chi connectivity index (χ0v) is 14.7. The maximum atomic E-state index is 2.43. The number of rotatable bonds is 6. The Balaban J connectivity index is 2.63. The van der Waals surface area contributed by atoms with Crippen LogP contribution in [0.5, 0.6) is 0 Å². The molecule has 0 aliphatic rings. The molecule has 0 aliphatic carbocycles. The van der Waals surface area contributed by atoms with Crippen LogP contribution in [0.15, 0.2) is 30.3 Å². The molecular weight excluding hydrogens is 240 g/mol. The first-order valence-corrected chi connectivity index (χ1v) is 8.12. The van der Waals surface area contributed by atoms with Crippen molar-refractivity contribution in [1.82, 2.24) is 0 Å². The Morgan fingerprint density at radius 2 is 1.20 bits per heavy atom. The predicted octanol–water partition coefficient (Wildman–Crippen LogP) is 6.60. The fourth-order valence-electron chi connectivity index (χ4n) is 2.78. The van der Waals surface area contributed by atoms with E-state index in [0.717, 1.165) is 0 Å². The zero-order valence-electron chi connectivity index (χ0n) is 14.7. The molecule has 0 radical (unpaired) electrons. The Kier molecular flexibility index (Phi) is 5.46. The molecule has 0 saturated heterocycles. The average Bonchev–Trinajstić information content (AvgIpc) is 2.34. The van der Waals surface area contributed by atoms with Crippen LogP contribution in [0.1, 0.15) is 79.7 Å². The highest BCUT2D eigenvalue weighted by Gasteiger charge is 2.37. The largest absolute Gasteiger partial charge is 0.0622 e. The van der Waals surface area contributed by atoms with Gasteiger partial charge in [-0.2, -0.15) is 0 Å². The van der Waals surface area contributed by atoms with Gasteiger partial charge in [-0.1, -0.05) is 91.6 Å². The van der Waals surface area contributed by atoms with Crippen molar-refractivity contribution < 1.29 is 0 Å². The second-order valence-electron chi connectivity index (χ2n) is 8.64. The fraction of sp³-hybridized carbons (Fsp3) is 0.700. The molecule has 1 aromatic carbocycles. The molecular formula is C20H34. The first kappa shape index (κ1) is 17.3. The summed E-state index contributed by atoms with van der Waals surface area (Å²) < 4.78 is 0.